The van der Waals surface area contributed by atoms with Gasteiger partial charge in [-0.15, -0.1) is 0 Å². The fraction of sp³-hybridized carbons (Fsp3) is 0.583. The number of aromatic amines is 1. The number of fused-ring (bicyclic) bond motifs is 3. The number of carbonyl (C=O) groups is 2. The highest BCUT2D eigenvalue weighted by atomic mass is 19.4. The molecule has 1 aliphatic heterocycles. The first-order valence-corrected chi connectivity index (χ1v) is 11.9. The zero-order valence-corrected chi connectivity index (χ0v) is 18.4. The van der Waals surface area contributed by atoms with Crippen LogP contribution < -0.4 is 10.6 Å². The van der Waals surface area contributed by atoms with Crippen molar-refractivity contribution in [2.45, 2.75) is 75.7 Å². The summed E-state index contributed by atoms with van der Waals surface area (Å²) in [4.78, 5) is 30.3. The van der Waals surface area contributed by atoms with Crippen LogP contribution in [-0.4, -0.2) is 46.5 Å². The van der Waals surface area contributed by atoms with Crippen molar-refractivity contribution in [3.8, 4) is 0 Å². The molecule has 2 aromatic rings. The Balaban J connectivity index is 1.19. The lowest BCUT2D eigenvalue weighted by molar-refractivity contribution is -0.137. The number of rotatable bonds is 3. The van der Waals surface area contributed by atoms with Gasteiger partial charge in [-0.2, -0.15) is 13.2 Å². The molecule has 2 aliphatic carbocycles. The number of aromatic nitrogens is 1. The maximum absolute atomic E-state index is 13.1. The van der Waals surface area contributed by atoms with E-state index in [4.69, 9.17) is 0 Å². The average Bonchev–Trinajstić information content (AvgIpc) is 3.42. The number of piperidine rings is 1. The topological polar surface area (TPSA) is 77.2 Å². The van der Waals surface area contributed by atoms with Gasteiger partial charge in [-0.25, -0.2) is 4.79 Å². The van der Waals surface area contributed by atoms with Crippen LogP contribution in [0.5, 0.6) is 0 Å². The van der Waals surface area contributed by atoms with Crippen LogP contribution in [-0.2, 0) is 6.18 Å². The summed E-state index contributed by atoms with van der Waals surface area (Å²) in [7, 11) is 0. The minimum Gasteiger partial charge on any atom is -0.351 e. The van der Waals surface area contributed by atoms with E-state index in [1.165, 1.54) is 25.0 Å². The van der Waals surface area contributed by atoms with Gasteiger partial charge in [0.15, 0.2) is 0 Å². The van der Waals surface area contributed by atoms with Crippen molar-refractivity contribution in [3.63, 3.8) is 0 Å². The van der Waals surface area contributed by atoms with E-state index in [1.54, 1.807) is 4.90 Å². The maximum Gasteiger partial charge on any atom is 0.416 e. The minimum absolute atomic E-state index is 0.0304. The third-order valence-electron chi connectivity index (χ3n) is 7.49. The van der Waals surface area contributed by atoms with Gasteiger partial charge in [-0.3, -0.25) is 4.79 Å². The number of halogens is 3. The molecule has 2 saturated carbocycles. The van der Waals surface area contributed by atoms with Gasteiger partial charge in [0.05, 0.1) is 5.56 Å². The van der Waals surface area contributed by atoms with E-state index in [0.29, 0.717) is 29.6 Å². The normalized spacial score (nSPS) is 25.9. The molecule has 0 spiro atoms. The summed E-state index contributed by atoms with van der Waals surface area (Å²) in [6.07, 6.45) is 3.94. The molecule has 6 nitrogen and oxygen atoms in total. The summed E-state index contributed by atoms with van der Waals surface area (Å²) >= 11 is 0. The van der Waals surface area contributed by atoms with Crippen LogP contribution in [0.2, 0.25) is 0 Å². The standard InChI is InChI=1S/C24H29F3N4O2/c25-24(26,27)16-7-8-19-14(9-16)11-21(29-19)22(32)31-13-15-10-18(31)12-20(15)30-23(33)28-17-5-3-1-2-4-6-17/h7-9,11,15,17-18,20,29H,1-6,10,12-13H2,(H2,28,30,33)/t15-,18+,20?/m0/s1. The highest BCUT2D eigenvalue weighted by molar-refractivity contribution is 5.98. The van der Waals surface area contributed by atoms with Crippen molar-refractivity contribution < 1.29 is 22.8 Å². The van der Waals surface area contributed by atoms with E-state index in [-0.39, 0.29) is 36.0 Å². The third-order valence-corrected chi connectivity index (χ3v) is 7.49. The fourth-order valence-electron chi connectivity index (χ4n) is 5.78. The second kappa shape index (κ2) is 8.57. The number of H-pyrrole nitrogens is 1. The monoisotopic (exact) mass is 462 g/mol. The molecule has 3 fully saturated rings. The molecule has 1 aromatic heterocycles. The van der Waals surface area contributed by atoms with E-state index < -0.39 is 11.7 Å². The van der Waals surface area contributed by atoms with Gasteiger partial charge in [0.25, 0.3) is 5.91 Å². The number of benzene rings is 1. The van der Waals surface area contributed by atoms with Crippen molar-refractivity contribution in [1.29, 1.82) is 0 Å². The van der Waals surface area contributed by atoms with Gasteiger partial charge >= 0.3 is 12.2 Å². The van der Waals surface area contributed by atoms with E-state index in [9.17, 15) is 22.8 Å². The van der Waals surface area contributed by atoms with Gasteiger partial charge in [0, 0.05) is 35.6 Å². The summed E-state index contributed by atoms with van der Waals surface area (Å²) in [5, 5.41) is 6.60. The summed E-state index contributed by atoms with van der Waals surface area (Å²) in [5.74, 6) is -0.00587. The number of carbonyl (C=O) groups excluding carboxylic acids is 2. The Morgan fingerprint density at radius 3 is 2.42 bits per heavy atom. The van der Waals surface area contributed by atoms with Crippen LogP contribution >= 0.6 is 0 Å². The molecule has 1 aromatic carbocycles. The molecule has 3 atom stereocenters. The molecule has 178 valence electrons. The van der Waals surface area contributed by atoms with E-state index in [1.807, 2.05) is 0 Å². The Labute approximate surface area is 190 Å². The Hall–Kier alpha value is -2.71. The molecule has 3 aliphatic rings. The lowest BCUT2D eigenvalue weighted by atomic mass is 10.0. The smallest absolute Gasteiger partial charge is 0.351 e. The molecule has 5 rings (SSSR count). The van der Waals surface area contributed by atoms with Gasteiger partial charge in [0.1, 0.15) is 5.69 Å². The van der Waals surface area contributed by atoms with Crippen LogP contribution in [0.25, 0.3) is 10.9 Å². The molecule has 2 bridgehead atoms. The number of hydrogen-bond acceptors (Lipinski definition) is 2. The first kappa shape index (κ1) is 22.1. The number of nitrogens with zero attached hydrogens (tertiary/aromatic N) is 1. The van der Waals surface area contributed by atoms with Gasteiger partial charge in [-0.05, 0) is 55.9 Å². The van der Waals surface area contributed by atoms with Crippen LogP contribution in [0.1, 0.15) is 67.4 Å². The highest BCUT2D eigenvalue weighted by Gasteiger charge is 2.47. The Morgan fingerprint density at radius 2 is 1.76 bits per heavy atom. The fourth-order valence-corrected chi connectivity index (χ4v) is 5.78. The number of amides is 3. The van der Waals surface area contributed by atoms with Crippen LogP contribution in [0.4, 0.5) is 18.0 Å². The first-order valence-electron chi connectivity index (χ1n) is 11.9. The second-order valence-electron chi connectivity index (χ2n) is 9.74. The first-order chi connectivity index (χ1) is 15.8. The van der Waals surface area contributed by atoms with Crippen molar-refractivity contribution >= 4 is 22.8 Å². The Bertz CT molecular complexity index is 1040. The summed E-state index contributed by atoms with van der Waals surface area (Å²) < 4.78 is 39.0. The molecule has 0 radical (unpaired) electrons. The largest absolute Gasteiger partial charge is 0.416 e. The van der Waals surface area contributed by atoms with Crippen LogP contribution in [0, 0.1) is 5.92 Å². The van der Waals surface area contributed by atoms with E-state index >= 15 is 0 Å². The number of urea groups is 1. The average molecular weight is 463 g/mol. The lowest BCUT2D eigenvalue weighted by Crippen LogP contribution is -2.51. The molecule has 33 heavy (non-hydrogen) atoms. The Morgan fingerprint density at radius 1 is 1.00 bits per heavy atom. The van der Waals surface area contributed by atoms with Crippen molar-refractivity contribution in [3.05, 3.63) is 35.5 Å². The van der Waals surface area contributed by atoms with Gasteiger partial charge in [0.2, 0.25) is 0 Å². The lowest BCUT2D eigenvalue weighted by Gasteiger charge is -2.32. The Kier molecular flexibility index (Phi) is 5.74. The number of alkyl halides is 3. The second-order valence-corrected chi connectivity index (χ2v) is 9.74. The predicted octanol–water partition coefficient (Wildman–Crippen LogP) is 4.81. The summed E-state index contributed by atoms with van der Waals surface area (Å²) in [6.45, 7) is 0.543. The molecule has 3 amide bonds. The summed E-state index contributed by atoms with van der Waals surface area (Å²) in [6, 6.07) is 5.13. The highest BCUT2D eigenvalue weighted by Crippen LogP contribution is 2.39. The van der Waals surface area contributed by atoms with Crippen LogP contribution in [0.3, 0.4) is 0 Å². The number of hydrogen-bond donors (Lipinski definition) is 3. The predicted molar refractivity (Wildman–Crippen MR) is 118 cm³/mol. The van der Waals surface area contributed by atoms with E-state index in [0.717, 1.165) is 44.2 Å². The molecule has 9 heteroatoms. The van der Waals surface area contributed by atoms with Gasteiger partial charge < -0.3 is 20.5 Å². The van der Waals surface area contributed by atoms with Crippen molar-refractivity contribution in [2.75, 3.05) is 6.54 Å². The van der Waals surface area contributed by atoms with Crippen molar-refractivity contribution in [2.24, 2.45) is 5.92 Å². The molecular formula is C24H29F3N4O2. The SMILES string of the molecule is O=C(NC1CCCCCC1)NC1C[C@H]2C[C@H]1CN2C(=O)c1cc2cc(C(F)(F)F)ccc2[nH]1. The van der Waals surface area contributed by atoms with Gasteiger partial charge in [-0.1, -0.05) is 25.7 Å². The van der Waals surface area contributed by atoms with E-state index in [2.05, 4.69) is 15.6 Å². The molecular weight excluding hydrogens is 433 g/mol. The molecule has 1 unspecified atom stereocenters. The minimum atomic E-state index is -4.42. The third kappa shape index (κ3) is 4.54. The molecule has 3 N–H and O–H groups in total. The summed E-state index contributed by atoms with van der Waals surface area (Å²) in [5.41, 5.74) is 0.0715. The van der Waals surface area contributed by atoms with Crippen molar-refractivity contribution in [1.82, 2.24) is 20.5 Å². The quantitative estimate of drug-likeness (QED) is 0.573. The zero-order chi connectivity index (χ0) is 23.2. The zero-order valence-electron chi connectivity index (χ0n) is 18.4. The molecule has 1 saturated heterocycles. The molecule has 2 heterocycles. The number of likely N-dealkylation sites (tertiary alicyclic amines) is 1. The van der Waals surface area contributed by atoms with Crippen LogP contribution in [0.15, 0.2) is 24.3 Å². The number of nitrogens with one attached hydrogen (secondary N) is 3. The maximum atomic E-state index is 13.1.